The molecule has 0 atom stereocenters. The number of benzene rings is 1. The number of hydrogen-bond acceptors (Lipinski definition) is 4. The first-order valence-corrected chi connectivity index (χ1v) is 5.04. The molecule has 17 heavy (non-hydrogen) atoms. The van der Waals surface area contributed by atoms with Crippen LogP contribution in [0.2, 0.25) is 0 Å². The van der Waals surface area contributed by atoms with Gasteiger partial charge in [-0.1, -0.05) is 18.2 Å². The third kappa shape index (κ3) is 2.75. The SMILES string of the molecule is CN(Nc1cc(=O)[nH]c(=O)[nH]1)c1ccccc1. The summed E-state index contributed by atoms with van der Waals surface area (Å²) in [4.78, 5) is 26.7. The Kier molecular flexibility index (Phi) is 2.95. The first kappa shape index (κ1) is 11.0. The van der Waals surface area contributed by atoms with Crippen molar-refractivity contribution in [2.45, 2.75) is 0 Å². The smallest absolute Gasteiger partial charge is 0.292 e. The molecule has 2 rings (SSSR count). The van der Waals surface area contributed by atoms with Gasteiger partial charge in [-0.05, 0) is 12.1 Å². The Balaban J connectivity index is 2.21. The molecule has 0 spiro atoms. The number of para-hydroxylation sites is 1. The number of hydrogen-bond donors (Lipinski definition) is 3. The van der Waals surface area contributed by atoms with Gasteiger partial charge in [0.25, 0.3) is 5.56 Å². The molecule has 1 aromatic carbocycles. The second-order valence-electron chi connectivity index (χ2n) is 3.51. The Morgan fingerprint density at radius 2 is 1.82 bits per heavy atom. The van der Waals surface area contributed by atoms with Crippen molar-refractivity contribution in [2.24, 2.45) is 0 Å². The molecule has 0 fully saturated rings. The molecule has 6 heteroatoms. The van der Waals surface area contributed by atoms with Gasteiger partial charge in [0.2, 0.25) is 0 Å². The molecule has 0 amide bonds. The summed E-state index contributed by atoms with van der Waals surface area (Å²) in [5.74, 6) is 0.338. The molecular weight excluding hydrogens is 220 g/mol. The van der Waals surface area contributed by atoms with E-state index in [1.165, 1.54) is 6.07 Å². The zero-order valence-electron chi connectivity index (χ0n) is 9.23. The van der Waals surface area contributed by atoms with E-state index in [4.69, 9.17) is 0 Å². The van der Waals surface area contributed by atoms with Crippen LogP contribution in [0.4, 0.5) is 11.5 Å². The number of nitrogens with zero attached hydrogens (tertiary/aromatic N) is 1. The molecule has 3 N–H and O–H groups in total. The summed E-state index contributed by atoms with van der Waals surface area (Å²) in [5, 5.41) is 1.70. The van der Waals surface area contributed by atoms with Gasteiger partial charge in [-0.25, -0.2) is 4.79 Å². The first-order chi connectivity index (χ1) is 8.15. The monoisotopic (exact) mass is 232 g/mol. The summed E-state index contributed by atoms with van der Waals surface area (Å²) in [6.45, 7) is 0. The summed E-state index contributed by atoms with van der Waals surface area (Å²) in [6.07, 6.45) is 0. The van der Waals surface area contributed by atoms with Crippen molar-refractivity contribution in [1.82, 2.24) is 9.97 Å². The van der Waals surface area contributed by atoms with Gasteiger partial charge in [0, 0.05) is 13.1 Å². The van der Waals surface area contributed by atoms with Crippen molar-refractivity contribution in [1.29, 1.82) is 0 Å². The summed E-state index contributed by atoms with van der Waals surface area (Å²) in [6, 6.07) is 10.8. The molecule has 88 valence electrons. The van der Waals surface area contributed by atoms with Crippen molar-refractivity contribution in [3.8, 4) is 0 Å². The second-order valence-corrected chi connectivity index (χ2v) is 3.51. The second kappa shape index (κ2) is 4.56. The maximum absolute atomic E-state index is 11.1. The maximum Gasteiger partial charge on any atom is 0.327 e. The molecular formula is C11H12N4O2. The van der Waals surface area contributed by atoms with Crippen molar-refractivity contribution in [3.05, 3.63) is 57.2 Å². The van der Waals surface area contributed by atoms with Crippen LogP contribution in [0.5, 0.6) is 0 Å². The topological polar surface area (TPSA) is 81.0 Å². The largest absolute Gasteiger partial charge is 0.327 e. The van der Waals surface area contributed by atoms with Gasteiger partial charge in [-0.2, -0.15) is 0 Å². The average Bonchev–Trinajstić information content (AvgIpc) is 2.28. The van der Waals surface area contributed by atoms with Crippen molar-refractivity contribution < 1.29 is 0 Å². The van der Waals surface area contributed by atoms with Crippen LogP contribution in [0, 0.1) is 0 Å². The lowest BCUT2D eigenvalue weighted by Gasteiger charge is -2.20. The lowest BCUT2D eigenvalue weighted by atomic mass is 10.3. The van der Waals surface area contributed by atoms with E-state index < -0.39 is 11.2 Å². The van der Waals surface area contributed by atoms with Crippen LogP contribution < -0.4 is 21.7 Å². The highest BCUT2D eigenvalue weighted by Gasteiger charge is 2.01. The lowest BCUT2D eigenvalue weighted by molar-refractivity contribution is 0.996. The van der Waals surface area contributed by atoms with E-state index in [0.29, 0.717) is 5.82 Å². The minimum Gasteiger partial charge on any atom is -0.292 e. The van der Waals surface area contributed by atoms with Crippen LogP contribution in [0.25, 0.3) is 0 Å². The molecule has 1 heterocycles. The van der Waals surface area contributed by atoms with E-state index in [9.17, 15) is 9.59 Å². The normalized spacial score (nSPS) is 9.94. The van der Waals surface area contributed by atoms with Gasteiger partial charge in [0.1, 0.15) is 5.82 Å². The van der Waals surface area contributed by atoms with Gasteiger partial charge >= 0.3 is 5.69 Å². The van der Waals surface area contributed by atoms with E-state index >= 15 is 0 Å². The van der Waals surface area contributed by atoms with Crippen molar-refractivity contribution in [3.63, 3.8) is 0 Å². The van der Waals surface area contributed by atoms with E-state index in [1.54, 1.807) is 12.1 Å². The quantitative estimate of drug-likeness (QED) is 0.674. The van der Waals surface area contributed by atoms with Crippen LogP contribution >= 0.6 is 0 Å². The van der Waals surface area contributed by atoms with Crippen LogP contribution in [0.15, 0.2) is 46.0 Å². The van der Waals surface area contributed by atoms with Crippen LogP contribution in [-0.4, -0.2) is 17.0 Å². The summed E-state index contributed by atoms with van der Waals surface area (Å²) in [7, 11) is 1.79. The fourth-order valence-corrected chi connectivity index (χ4v) is 1.43. The molecule has 0 aliphatic carbocycles. The highest BCUT2D eigenvalue weighted by molar-refractivity contribution is 5.50. The number of anilines is 2. The van der Waals surface area contributed by atoms with Gasteiger partial charge in [0.05, 0.1) is 5.69 Å². The zero-order valence-corrected chi connectivity index (χ0v) is 9.23. The number of nitrogens with one attached hydrogen (secondary N) is 3. The van der Waals surface area contributed by atoms with E-state index in [1.807, 2.05) is 30.3 Å². The average molecular weight is 232 g/mol. The number of rotatable bonds is 3. The minimum absolute atomic E-state index is 0.338. The Morgan fingerprint density at radius 3 is 2.47 bits per heavy atom. The molecule has 1 aromatic heterocycles. The van der Waals surface area contributed by atoms with Crippen LogP contribution in [0.1, 0.15) is 0 Å². The van der Waals surface area contributed by atoms with Gasteiger partial charge in [-0.15, -0.1) is 0 Å². The standard InChI is InChI=1S/C11H12N4O2/c1-15(8-5-3-2-4-6-8)14-9-7-10(16)13-11(17)12-9/h2-7H,1H3,(H3,12,13,14,16,17). The highest BCUT2D eigenvalue weighted by Crippen LogP contribution is 2.11. The number of H-pyrrole nitrogens is 2. The Morgan fingerprint density at radius 1 is 1.12 bits per heavy atom. The molecule has 0 radical (unpaired) electrons. The molecule has 0 aliphatic heterocycles. The molecule has 0 unspecified atom stereocenters. The number of aromatic amines is 2. The first-order valence-electron chi connectivity index (χ1n) is 5.04. The highest BCUT2D eigenvalue weighted by atomic mass is 16.2. The molecule has 2 aromatic rings. The van der Waals surface area contributed by atoms with E-state index in [-0.39, 0.29) is 0 Å². The lowest BCUT2D eigenvalue weighted by Crippen LogP contribution is -2.29. The van der Waals surface area contributed by atoms with E-state index in [0.717, 1.165) is 5.69 Å². The predicted molar refractivity (Wildman–Crippen MR) is 66.2 cm³/mol. The summed E-state index contributed by atoms with van der Waals surface area (Å²) < 4.78 is 0. The fourth-order valence-electron chi connectivity index (χ4n) is 1.43. The van der Waals surface area contributed by atoms with Gasteiger partial charge in [-0.3, -0.25) is 25.2 Å². The Hall–Kier alpha value is -2.50. The molecule has 0 aliphatic rings. The van der Waals surface area contributed by atoms with Crippen molar-refractivity contribution in [2.75, 3.05) is 17.5 Å². The van der Waals surface area contributed by atoms with Crippen LogP contribution in [0.3, 0.4) is 0 Å². The fraction of sp³-hybridized carbons (Fsp3) is 0.0909. The van der Waals surface area contributed by atoms with E-state index in [2.05, 4.69) is 15.4 Å². The summed E-state index contributed by atoms with van der Waals surface area (Å²) in [5.41, 5.74) is 2.82. The minimum atomic E-state index is -0.540. The van der Waals surface area contributed by atoms with Gasteiger partial charge < -0.3 is 0 Å². The van der Waals surface area contributed by atoms with Gasteiger partial charge in [0.15, 0.2) is 0 Å². The third-order valence-electron chi connectivity index (χ3n) is 2.19. The van der Waals surface area contributed by atoms with Crippen molar-refractivity contribution >= 4 is 11.5 Å². The third-order valence-corrected chi connectivity index (χ3v) is 2.19. The molecule has 0 saturated carbocycles. The van der Waals surface area contributed by atoms with Crippen LogP contribution in [-0.2, 0) is 0 Å². The number of hydrazine groups is 1. The predicted octanol–water partition coefficient (Wildman–Crippen LogP) is 0.526. The maximum atomic E-state index is 11.1. The molecule has 0 bridgehead atoms. The Labute approximate surface area is 96.9 Å². The molecule has 0 saturated heterocycles. The zero-order chi connectivity index (χ0) is 12.3. The molecule has 6 nitrogen and oxygen atoms in total. The summed E-state index contributed by atoms with van der Waals surface area (Å²) >= 11 is 0. The Bertz CT molecular complexity index is 574. The number of aromatic nitrogens is 2.